The summed E-state index contributed by atoms with van der Waals surface area (Å²) in [6.07, 6.45) is 0. The van der Waals surface area contributed by atoms with Crippen LogP contribution in [-0.4, -0.2) is 17.4 Å². The van der Waals surface area contributed by atoms with Gasteiger partial charge in [-0.3, -0.25) is 9.59 Å². The molecular formula is C19H19ClN2O3. The largest absolute Gasteiger partial charge is 0.466 e. The predicted molar refractivity (Wildman–Crippen MR) is 98.3 cm³/mol. The first-order valence-electron chi connectivity index (χ1n) is 8.01. The van der Waals surface area contributed by atoms with Gasteiger partial charge in [0.2, 0.25) is 0 Å². The summed E-state index contributed by atoms with van der Waals surface area (Å²) in [4.78, 5) is 25.1. The number of nitrogens with one attached hydrogen (secondary N) is 2. The second-order valence-corrected chi connectivity index (χ2v) is 6.90. The summed E-state index contributed by atoms with van der Waals surface area (Å²) >= 11 is 5.91. The van der Waals surface area contributed by atoms with Gasteiger partial charge in [0.1, 0.15) is 5.75 Å². The summed E-state index contributed by atoms with van der Waals surface area (Å²) in [5, 5.41) is 5.89. The van der Waals surface area contributed by atoms with Crippen molar-refractivity contribution >= 4 is 34.8 Å². The maximum absolute atomic E-state index is 12.7. The van der Waals surface area contributed by atoms with Crippen LogP contribution in [0, 0.1) is 0 Å². The van der Waals surface area contributed by atoms with Crippen molar-refractivity contribution in [2.24, 2.45) is 0 Å². The highest BCUT2D eigenvalue weighted by molar-refractivity contribution is 6.31. The quantitative estimate of drug-likeness (QED) is 0.808. The Balaban J connectivity index is 1.81. The molecule has 5 nitrogen and oxygen atoms in total. The molecule has 6 heteroatoms. The van der Waals surface area contributed by atoms with Gasteiger partial charge in [-0.25, -0.2) is 0 Å². The van der Waals surface area contributed by atoms with Crippen molar-refractivity contribution in [1.82, 2.24) is 0 Å². The fraction of sp³-hybridized carbons (Fsp3) is 0.263. The van der Waals surface area contributed by atoms with Crippen molar-refractivity contribution in [3.8, 4) is 5.75 Å². The number of benzene rings is 2. The predicted octanol–water partition coefficient (Wildman–Crippen LogP) is 4.19. The number of rotatable bonds is 3. The Morgan fingerprint density at radius 2 is 1.88 bits per heavy atom. The van der Waals surface area contributed by atoms with Crippen molar-refractivity contribution in [2.45, 2.75) is 32.3 Å². The maximum Gasteiger partial charge on any atom is 0.278 e. The van der Waals surface area contributed by atoms with Crippen molar-refractivity contribution in [2.75, 3.05) is 10.6 Å². The molecule has 2 amide bonds. The van der Waals surface area contributed by atoms with E-state index < -0.39 is 17.4 Å². The molecule has 2 aromatic rings. The van der Waals surface area contributed by atoms with Crippen LogP contribution in [0.2, 0.25) is 5.02 Å². The molecule has 0 fully saturated rings. The standard InChI is InChI=1S/C19H19ClN2O3/c1-11(2)12-4-7-14(8-5-12)21-17(23)19(3)18(24)22-15-10-13(20)6-9-16(15)25-19/h4-11H,1-3H3,(H,21,23)(H,22,24). The van der Waals surface area contributed by atoms with E-state index in [4.69, 9.17) is 16.3 Å². The van der Waals surface area contributed by atoms with E-state index in [0.717, 1.165) is 0 Å². The molecule has 25 heavy (non-hydrogen) atoms. The zero-order valence-corrected chi connectivity index (χ0v) is 15.0. The summed E-state index contributed by atoms with van der Waals surface area (Å²) < 4.78 is 5.70. The minimum atomic E-state index is -1.67. The second-order valence-electron chi connectivity index (χ2n) is 6.46. The first-order valence-corrected chi connectivity index (χ1v) is 8.39. The summed E-state index contributed by atoms with van der Waals surface area (Å²) in [6, 6.07) is 12.4. The van der Waals surface area contributed by atoms with E-state index in [1.807, 2.05) is 24.3 Å². The highest BCUT2D eigenvalue weighted by Gasteiger charge is 2.47. The minimum Gasteiger partial charge on any atom is -0.466 e. The van der Waals surface area contributed by atoms with Gasteiger partial charge in [0.15, 0.2) is 0 Å². The summed E-state index contributed by atoms with van der Waals surface area (Å²) in [6.45, 7) is 5.63. The summed E-state index contributed by atoms with van der Waals surface area (Å²) in [7, 11) is 0. The lowest BCUT2D eigenvalue weighted by molar-refractivity contribution is -0.143. The molecule has 1 unspecified atom stereocenters. The summed E-state index contributed by atoms with van der Waals surface area (Å²) in [5.41, 5.74) is 0.553. The lowest BCUT2D eigenvalue weighted by Gasteiger charge is -2.33. The molecular weight excluding hydrogens is 340 g/mol. The Morgan fingerprint density at radius 3 is 2.52 bits per heavy atom. The van der Waals surface area contributed by atoms with Crippen LogP contribution in [0.25, 0.3) is 0 Å². The molecule has 2 aromatic carbocycles. The van der Waals surface area contributed by atoms with Gasteiger partial charge < -0.3 is 15.4 Å². The molecule has 0 bridgehead atoms. The second kappa shape index (κ2) is 6.41. The van der Waals surface area contributed by atoms with Gasteiger partial charge in [-0.15, -0.1) is 0 Å². The van der Waals surface area contributed by atoms with Crippen LogP contribution in [0.1, 0.15) is 32.3 Å². The SMILES string of the molecule is CC(C)c1ccc(NC(=O)C2(C)Oc3ccc(Cl)cc3NC2=O)cc1. The molecule has 3 rings (SSSR count). The van der Waals surface area contributed by atoms with Crippen molar-refractivity contribution < 1.29 is 14.3 Å². The molecule has 0 aliphatic carbocycles. The average Bonchev–Trinajstić information content (AvgIpc) is 2.56. The van der Waals surface area contributed by atoms with Gasteiger partial charge in [-0.1, -0.05) is 37.6 Å². The molecule has 2 N–H and O–H groups in total. The number of anilines is 2. The van der Waals surface area contributed by atoms with Crippen LogP contribution < -0.4 is 15.4 Å². The molecule has 0 saturated heterocycles. The van der Waals surface area contributed by atoms with E-state index >= 15 is 0 Å². The average molecular weight is 359 g/mol. The van der Waals surface area contributed by atoms with Crippen LogP contribution in [0.15, 0.2) is 42.5 Å². The van der Waals surface area contributed by atoms with Gasteiger partial charge >= 0.3 is 0 Å². The monoisotopic (exact) mass is 358 g/mol. The third-order valence-corrected chi connectivity index (χ3v) is 4.44. The Labute approximate surface area is 151 Å². The lowest BCUT2D eigenvalue weighted by atomic mass is 10.0. The van der Waals surface area contributed by atoms with E-state index in [1.54, 1.807) is 18.2 Å². The van der Waals surface area contributed by atoms with Crippen molar-refractivity contribution in [3.63, 3.8) is 0 Å². The molecule has 1 aliphatic heterocycles. The first kappa shape index (κ1) is 17.3. The number of hydrogen-bond donors (Lipinski definition) is 2. The lowest BCUT2D eigenvalue weighted by Crippen LogP contribution is -2.56. The molecule has 0 saturated carbocycles. The van der Waals surface area contributed by atoms with Crippen LogP contribution in [0.4, 0.5) is 11.4 Å². The zero-order chi connectivity index (χ0) is 18.2. The zero-order valence-electron chi connectivity index (χ0n) is 14.2. The molecule has 1 atom stereocenters. The number of ether oxygens (including phenoxy) is 1. The van der Waals surface area contributed by atoms with Crippen LogP contribution in [0.3, 0.4) is 0 Å². The Hall–Kier alpha value is -2.53. The molecule has 1 aliphatic rings. The van der Waals surface area contributed by atoms with E-state index in [9.17, 15) is 9.59 Å². The first-order chi connectivity index (χ1) is 11.8. The normalized spacial score (nSPS) is 19.0. The number of fused-ring (bicyclic) bond motifs is 1. The highest BCUT2D eigenvalue weighted by Crippen LogP contribution is 2.36. The third kappa shape index (κ3) is 3.33. The number of carbonyl (C=O) groups is 2. The molecule has 0 aromatic heterocycles. The van der Waals surface area contributed by atoms with Gasteiger partial charge in [0.25, 0.3) is 17.4 Å². The van der Waals surface area contributed by atoms with E-state index in [1.165, 1.54) is 12.5 Å². The van der Waals surface area contributed by atoms with Gasteiger partial charge in [-0.05, 0) is 48.7 Å². The third-order valence-electron chi connectivity index (χ3n) is 4.21. The Kier molecular flexibility index (Phi) is 4.43. The van der Waals surface area contributed by atoms with E-state index in [0.29, 0.717) is 28.1 Å². The topological polar surface area (TPSA) is 67.4 Å². The van der Waals surface area contributed by atoms with Crippen LogP contribution >= 0.6 is 11.6 Å². The molecule has 0 radical (unpaired) electrons. The number of carbonyl (C=O) groups excluding carboxylic acids is 2. The van der Waals surface area contributed by atoms with Gasteiger partial charge in [-0.2, -0.15) is 0 Å². The van der Waals surface area contributed by atoms with Crippen LogP contribution in [0.5, 0.6) is 5.75 Å². The Bertz CT molecular complexity index is 833. The van der Waals surface area contributed by atoms with Crippen LogP contribution in [-0.2, 0) is 9.59 Å². The minimum absolute atomic E-state index is 0.400. The molecule has 130 valence electrons. The van der Waals surface area contributed by atoms with E-state index in [-0.39, 0.29) is 0 Å². The molecule has 1 heterocycles. The smallest absolute Gasteiger partial charge is 0.278 e. The molecule has 0 spiro atoms. The number of hydrogen-bond acceptors (Lipinski definition) is 3. The van der Waals surface area contributed by atoms with Crippen molar-refractivity contribution in [3.05, 3.63) is 53.1 Å². The number of amides is 2. The van der Waals surface area contributed by atoms with Crippen molar-refractivity contribution in [1.29, 1.82) is 0 Å². The van der Waals surface area contributed by atoms with Gasteiger partial charge in [0, 0.05) is 10.7 Å². The summed E-state index contributed by atoms with van der Waals surface area (Å²) in [5.74, 6) is -0.281. The fourth-order valence-electron chi connectivity index (χ4n) is 2.55. The maximum atomic E-state index is 12.7. The Morgan fingerprint density at radius 1 is 1.20 bits per heavy atom. The van der Waals surface area contributed by atoms with Gasteiger partial charge in [0.05, 0.1) is 5.69 Å². The van der Waals surface area contributed by atoms with E-state index in [2.05, 4.69) is 24.5 Å². The fourth-order valence-corrected chi connectivity index (χ4v) is 2.72. The highest BCUT2D eigenvalue weighted by atomic mass is 35.5. The number of halogens is 1.